The molecule has 1 aromatic carbocycles. The molecule has 0 aliphatic heterocycles. The molecule has 3 heteroatoms. The summed E-state index contributed by atoms with van der Waals surface area (Å²) in [7, 11) is 0. The molecule has 0 amide bonds. The van der Waals surface area contributed by atoms with Crippen molar-refractivity contribution < 1.29 is 4.42 Å². The average molecular weight is 341 g/mol. The van der Waals surface area contributed by atoms with Gasteiger partial charge in [-0.1, -0.05) is 29.8 Å². The molecule has 2 rings (SSSR count). The second-order valence-electron chi connectivity index (χ2n) is 4.22. The molecule has 0 aliphatic rings. The Morgan fingerprint density at radius 2 is 2.12 bits per heavy atom. The first kappa shape index (κ1) is 12.6. The van der Waals surface area contributed by atoms with Crippen molar-refractivity contribution in [2.75, 3.05) is 0 Å². The van der Waals surface area contributed by atoms with E-state index in [2.05, 4.69) is 66.0 Å². The first-order valence-electron chi connectivity index (χ1n) is 5.69. The van der Waals surface area contributed by atoms with Crippen LogP contribution in [0.1, 0.15) is 29.9 Å². The van der Waals surface area contributed by atoms with Crippen LogP contribution >= 0.6 is 22.6 Å². The first-order chi connectivity index (χ1) is 8.15. The summed E-state index contributed by atoms with van der Waals surface area (Å²) in [5.74, 6) is 0.980. The largest absolute Gasteiger partial charge is 0.454 e. The van der Waals surface area contributed by atoms with Crippen LogP contribution in [0.3, 0.4) is 0 Å². The number of nitrogens with one attached hydrogen (secondary N) is 1. The molecule has 0 bridgehead atoms. The summed E-state index contributed by atoms with van der Waals surface area (Å²) >= 11 is 2.18. The lowest BCUT2D eigenvalue weighted by molar-refractivity contribution is 0.445. The lowest BCUT2D eigenvalue weighted by Crippen LogP contribution is -2.17. The highest BCUT2D eigenvalue weighted by Crippen LogP contribution is 2.15. The van der Waals surface area contributed by atoms with Gasteiger partial charge in [-0.2, -0.15) is 0 Å². The minimum Gasteiger partial charge on any atom is -0.454 e. The van der Waals surface area contributed by atoms with Gasteiger partial charge in [-0.25, -0.2) is 0 Å². The zero-order valence-electron chi connectivity index (χ0n) is 10.0. The Kier molecular flexibility index (Phi) is 4.23. The fraction of sp³-hybridized carbons (Fsp3) is 0.286. The number of benzene rings is 1. The molecule has 0 unspecified atom stereocenters. The molecular weight excluding hydrogens is 325 g/mol. The van der Waals surface area contributed by atoms with E-state index in [9.17, 15) is 0 Å². The van der Waals surface area contributed by atoms with Gasteiger partial charge in [0.25, 0.3) is 0 Å². The van der Waals surface area contributed by atoms with Crippen LogP contribution in [0.4, 0.5) is 0 Å². The van der Waals surface area contributed by atoms with Crippen molar-refractivity contribution in [3.05, 3.63) is 57.1 Å². The molecule has 2 nitrogen and oxygen atoms in total. The van der Waals surface area contributed by atoms with Gasteiger partial charge in [-0.05, 0) is 54.1 Å². The first-order valence-corrected chi connectivity index (χ1v) is 6.77. The third-order valence-corrected chi connectivity index (χ3v) is 3.33. The van der Waals surface area contributed by atoms with E-state index in [1.54, 1.807) is 0 Å². The van der Waals surface area contributed by atoms with E-state index in [1.807, 2.05) is 12.1 Å². The van der Waals surface area contributed by atoms with Crippen LogP contribution in [0, 0.1) is 10.7 Å². The third-order valence-electron chi connectivity index (χ3n) is 2.75. The molecule has 0 spiro atoms. The summed E-state index contributed by atoms with van der Waals surface area (Å²) < 4.78 is 6.45. The van der Waals surface area contributed by atoms with E-state index in [1.165, 1.54) is 11.1 Å². The van der Waals surface area contributed by atoms with Crippen molar-refractivity contribution in [3.63, 3.8) is 0 Å². The van der Waals surface area contributed by atoms with Gasteiger partial charge in [0.05, 0.1) is 6.54 Å². The second kappa shape index (κ2) is 5.69. The van der Waals surface area contributed by atoms with Gasteiger partial charge in [-0.3, -0.25) is 0 Å². The molecule has 1 N–H and O–H groups in total. The van der Waals surface area contributed by atoms with E-state index in [0.29, 0.717) is 6.04 Å². The average Bonchev–Trinajstić information content (AvgIpc) is 2.72. The minimum atomic E-state index is 0.331. The van der Waals surface area contributed by atoms with Gasteiger partial charge in [0, 0.05) is 6.04 Å². The normalized spacial score (nSPS) is 12.6. The quantitative estimate of drug-likeness (QED) is 0.849. The van der Waals surface area contributed by atoms with Crippen molar-refractivity contribution in [1.82, 2.24) is 5.32 Å². The van der Waals surface area contributed by atoms with Gasteiger partial charge in [0.2, 0.25) is 0 Å². The Bertz CT molecular complexity index is 492. The van der Waals surface area contributed by atoms with Crippen LogP contribution in [0.15, 0.2) is 40.8 Å². The highest BCUT2D eigenvalue weighted by atomic mass is 127. The van der Waals surface area contributed by atoms with E-state index < -0.39 is 0 Å². The van der Waals surface area contributed by atoms with Gasteiger partial charge in [0.1, 0.15) is 5.76 Å². The smallest absolute Gasteiger partial charge is 0.164 e. The molecule has 90 valence electrons. The minimum absolute atomic E-state index is 0.331. The zero-order chi connectivity index (χ0) is 12.3. The Hall–Kier alpha value is -0.810. The monoisotopic (exact) mass is 341 g/mol. The molecule has 17 heavy (non-hydrogen) atoms. The van der Waals surface area contributed by atoms with Crippen molar-refractivity contribution in [2.45, 2.75) is 26.4 Å². The summed E-state index contributed by atoms with van der Waals surface area (Å²) in [5, 5.41) is 3.46. The Morgan fingerprint density at radius 1 is 1.29 bits per heavy atom. The summed E-state index contributed by atoms with van der Waals surface area (Å²) in [4.78, 5) is 0. The molecule has 0 fully saturated rings. The maximum atomic E-state index is 5.52. The van der Waals surface area contributed by atoms with Gasteiger partial charge in [0.15, 0.2) is 3.77 Å². The predicted molar refractivity (Wildman–Crippen MR) is 77.9 cm³/mol. The molecule has 2 aromatic rings. The van der Waals surface area contributed by atoms with Crippen molar-refractivity contribution >= 4 is 22.6 Å². The van der Waals surface area contributed by atoms with Crippen molar-refractivity contribution in [1.29, 1.82) is 0 Å². The van der Waals surface area contributed by atoms with Crippen LogP contribution in [0.2, 0.25) is 0 Å². The molecule has 1 heterocycles. The lowest BCUT2D eigenvalue weighted by Gasteiger charge is -2.13. The van der Waals surface area contributed by atoms with Crippen LogP contribution < -0.4 is 5.32 Å². The maximum Gasteiger partial charge on any atom is 0.164 e. The van der Waals surface area contributed by atoms with E-state index in [0.717, 1.165) is 16.1 Å². The Labute approximate surface area is 116 Å². The van der Waals surface area contributed by atoms with Gasteiger partial charge < -0.3 is 9.73 Å². The number of aryl methyl sites for hydroxylation is 1. The maximum absolute atomic E-state index is 5.52. The van der Waals surface area contributed by atoms with Crippen LogP contribution in [-0.2, 0) is 6.54 Å². The van der Waals surface area contributed by atoms with E-state index >= 15 is 0 Å². The summed E-state index contributed by atoms with van der Waals surface area (Å²) in [6.07, 6.45) is 0. The second-order valence-corrected chi connectivity index (χ2v) is 5.29. The highest BCUT2D eigenvalue weighted by molar-refractivity contribution is 14.1. The number of furan rings is 1. The van der Waals surface area contributed by atoms with Crippen molar-refractivity contribution in [3.8, 4) is 0 Å². The lowest BCUT2D eigenvalue weighted by atomic mass is 10.1. The molecule has 0 aliphatic carbocycles. The standard InChI is InChI=1S/C14H16INO/c1-10-4-3-5-12(8-10)11(2)16-9-13-6-7-14(15)17-13/h3-8,11,16H,9H2,1-2H3/t11-/m1/s1. The fourth-order valence-electron chi connectivity index (χ4n) is 1.76. The molecule has 0 radical (unpaired) electrons. The third kappa shape index (κ3) is 3.57. The summed E-state index contributed by atoms with van der Waals surface area (Å²) in [6, 6.07) is 12.9. The summed E-state index contributed by atoms with van der Waals surface area (Å²) in [5.41, 5.74) is 2.61. The number of halogens is 1. The highest BCUT2D eigenvalue weighted by Gasteiger charge is 2.06. The van der Waals surface area contributed by atoms with Crippen molar-refractivity contribution in [2.24, 2.45) is 0 Å². The fourth-order valence-corrected chi connectivity index (χ4v) is 2.22. The zero-order valence-corrected chi connectivity index (χ0v) is 12.2. The number of hydrogen-bond donors (Lipinski definition) is 1. The van der Waals surface area contributed by atoms with Crippen LogP contribution in [0.25, 0.3) is 0 Å². The summed E-state index contributed by atoms with van der Waals surface area (Å²) in [6.45, 7) is 5.05. The SMILES string of the molecule is Cc1cccc([C@@H](C)NCc2ccc(I)o2)c1. The van der Waals surface area contributed by atoms with E-state index in [-0.39, 0.29) is 0 Å². The van der Waals surface area contributed by atoms with Gasteiger partial charge >= 0.3 is 0 Å². The molecule has 1 aromatic heterocycles. The Balaban J connectivity index is 1.95. The molecule has 0 saturated carbocycles. The van der Waals surface area contributed by atoms with E-state index in [4.69, 9.17) is 4.42 Å². The van der Waals surface area contributed by atoms with Gasteiger partial charge in [-0.15, -0.1) is 0 Å². The number of hydrogen-bond acceptors (Lipinski definition) is 2. The topological polar surface area (TPSA) is 25.2 Å². The molecule has 0 saturated heterocycles. The number of rotatable bonds is 4. The van der Waals surface area contributed by atoms with Crippen LogP contribution in [-0.4, -0.2) is 0 Å². The van der Waals surface area contributed by atoms with Crippen LogP contribution in [0.5, 0.6) is 0 Å². The molecule has 1 atom stereocenters. The molecular formula is C14H16INO. The Morgan fingerprint density at radius 3 is 2.76 bits per heavy atom. The predicted octanol–water partition coefficient (Wildman–Crippen LogP) is 4.04.